The van der Waals surface area contributed by atoms with Crippen molar-refractivity contribution in [2.24, 2.45) is 17.8 Å². The predicted octanol–water partition coefficient (Wildman–Crippen LogP) is 8.60. The first-order valence-electron chi connectivity index (χ1n) is 11.8. The highest BCUT2D eigenvalue weighted by Gasteiger charge is 2.39. The van der Waals surface area contributed by atoms with Crippen molar-refractivity contribution in [2.45, 2.75) is 79.1 Å². The van der Waals surface area contributed by atoms with Crippen molar-refractivity contribution in [1.82, 2.24) is 0 Å². The molecule has 0 fully saturated rings. The van der Waals surface area contributed by atoms with E-state index in [4.69, 9.17) is 0 Å². The number of rotatable bonds is 6. The summed E-state index contributed by atoms with van der Waals surface area (Å²) in [6, 6.07) is 16.5. The fourth-order valence-electron chi connectivity index (χ4n) is 5.96. The lowest BCUT2D eigenvalue weighted by Gasteiger charge is -2.34. The zero-order valence-corrected chi connectivity index (χ0v) is 19.3. The van der Waals surface area contributed by atoms with Gasteiger partial charge in [-0.15, -0.1) is 0 Å². The van der Waals surface area contributed by atoms with E-state index in [2.05, 4.69) is 84.0 Å². The van der Waals surface area contributed by atoms with Crippen molar-refractivity contribution < 1.29 is 0 Å². The van der Waals surface area contributed by atoms with E-state index in [0.29, 0.717) is 5.41 Å². The van der Waals surface area contributed by atoms with Crippen LogP contribution in [-0.4, -0.2) is 0 Å². The molecule has 154 valence electrons. The highest BCUT2D eigenvalue weighted by Crippen LogP contribution is 2.48. The second-order valence-corrected chi connectivity index (χ2v) is 10.3. The van der Waals surface area contributed by atoms with Crippen molar-refractivity contribution in [3.63, 3.8) is 0 Å². The van der Waals surface area contributed by atoms with Gasteiger partial charge in [0.25, 0.3) is 0 Å². The first-order valence-corrected chi connectivity index (χ1v) is 11.8. The first kappa shape index (κ1) is 20.5. The average molecular weight is 387 g/mol. The van der Waals surface area contributed by atoms with E-state index < -0.39 is 0 Å². The molecule has 0 bridgehead atoms. The second kappa shape index (κ2) is 7.78. The van der Waals surface area contributed by atoms with Crippen molar-refractivity contribution in [3.05, 3.63) is 59.2 Å². The van der Waals surface area contributed by atoms with Gasteiger partial charge in [0.2, 0.25) is 0 Å². The van der Waals surface area contributed by atoms with Crippen molar-refractivity contribution in [2.75, 3.05) is 0 Å². The average Bonchev–Trinajstić information content (AvgIpc) is 3.06. The minimum absolute atomic E-state index is 0.320. The van der Waals surface area contributed by atoms with Crippen LogP contribution in [0.3, 0.4) is 0 Å². The summed E-state index contributed by atoms with van der Waals surface area (Å²) >= 11 is 0. The molecule has 0 saturated heterocycles. The largest absolute Gasteiger partial charge is 0.0651 e. The molecule has 1 aliphatic carbocycles. The first-order chi connectivity index (χ1) is 13.8. The summed E-state index contributed by atoms with van der Waals surface area (Å²) in [5.74, 6) is 2.40. The van der Waals surface area contributed by atoms with Gasteiger partial charge in [-0.2, -0.15) is 0 Å². The van der Waals surface area contributed by atoms with Crippen LogP contribution in [0, 0.1) is 24.7 Å². The zero-order chi connectivity index (χ0) is 20.8. The van der Waals surface area contributed by atoms with Crippen molar-refractivity contribution in [3.8, 4) is 0 Å². The van der Waals surface area contributed by atoms with E-state index in [1.54, 1.807) is 11.1 Å². The molecule has 0 nitrogen and oxygen atoms in total. The normalized spacial score (nSPS) is 21.1. The third kappa shape index (κ3) is 3.49. The Kier molecular flexibility index (Phi) is 5.49. The van der Waals surface area contributed by atoms with Crippen LogP contribution in [0.1, 0.15) is 77.0 Å². The van der Waals surface area contributed by atoms with Gasteiger partial charge in [-0.3, -0.25) is 0 Å². The molecule has 0 N–H and O–H groups in total. The van der Waals surface area contributed by atoms with E-state index in [1.165, 1.54) is 59.2 Å². The summed E-state index contributed by atoms with van der Waals surface area (Å²) < 4.78 is 0. The van der Waals surface area contributed by atoms with Crippen LogP contribution in [-0.2, 0) is 11.8 Å². The van der Waals surface area contributed by atoms with Gasteiger partial charge in [-0.05, 0) is 88.4 Å². The number of aryl methyl sites for hydroxylation is 2. The molecule has 3 aromatic carbocycles. The van der Waals surface area contributed by atoms with E-state index in [0.717, 1.165) is 17.8 Å². The highest BCUT2D eigenvalue weighted by atomic mass is 14.4. The Morgan fingerprint density at radius 3 is 2.34 bits per heavy atom. The van der Waals surface area contributed by atoms with Crippen LogP contribution >= 0.6 is 0 Å². The fourth-order valence-corrected chi connectivity index (χ4v) is 5.96. The smallest absolute Gasteiger partial charge is 0.00435 e. The van der Waals surface area contributed by atoms with Gasteiger partial charge in [0.15, 0.2) is 0 Å². The zero-order valence-electron chi connectivity index (χ0n) is 19.3. The maximum atomic E-state index is 2.54. The Labute approximate surface area is 177 Å². The monoisotopic (exact) mass is 386 g/mol. The lowest BCUT2D eigenvalue weighted by molar-refractivity contribution is 0.249. The Morgan fingerprint density at radius 2 is 1.62 bits per heavy atom. The number of benzene rings is 3. The quantitative estimate of drug-likeness (QED) is 0.372. The maximum absolute atomic E-state index is 2.54. The van der Waals surface area contributed by atoms with Gasteiger partial charge in [0, 0.05) is 0 Å². The van der Waals surface area contributed by atoms with Crippen molar-refractivity contribution in [1.29, 1.82) is 0 Å². The number of hydrogen-bond donors (Lipinski definition) is 0. The van der Waals surface area contributed by atoms with E-state index in [1.807, 2.05) is 0 Å². The molecule has 0 heteroatoms. The standard InChI is InChI=1S/C29H38/c1-7-22(19(2)3)10-9-21(5)29(6)17-16-27-26-13-11-23-18-20(4)8-12-24(23)25(26)14-15-28(27)29/h8,11-15,18-19,21-22H,7,9-10,16-17H2,1-6H3/t21-,22-,29+/m1/s1. The lowest BCUT2D eigenvalue weighted by Crippen LogP contribution is -2.28. The fraction of sp³-hybridized carbons (Fsp3) is 0.517. The molecule has 1 aliphatic rings. The summed E-state index contributed by atoms with van der Waals surface area (Å²) in [5.41, 5.74) is 4.91. The Bertz CT molecular complexity index is 1030. The summed E-state index contributed by atoms with van der Waals surface area (Å²) in [6.45, 7) is 14.4. The van der Waals surface area contributed by atoms with Gasteiger partial charge in [-0.1, -0.05) is 89.1 Å². The van der Waals surface area contributed by atoms with Crippen LogP contribution in [0.2, 0.25) is 0 Å². The molecular formula is C29H38. The molecule has 0 unspecified atom stereocenters. The van der Waals surface area contributed by atoms with Crippen LogP contribution in [0.4, 0.5) is 0 Å². The summed E-state index contributed by atoms with van der Waals surface area (Å²) in [6.07, 6.45) is 6.56. The minimum atomic E-state index is 0.320. The molecule has 0 heterocycles. The van der Waals surface area contributed by atoms with Crippen LogP contribution in [0.25, 0.3) is 21.5 Å². The molecule has 0 radical (unpaired) electrons. The Balaban J connectivity index is 1.69. The summed E-state index contributed by atoms with van der Waals surface area (Å²) in [7, 11) is 0. The van der Waals surface area contributed by atoms with Gasteiger partial charge < -0.3 is 0 Å². The summed E-state index contributed by atoms with van der Waals surface area (Å²) in [4.78, 5) is 0. The molecule has 0 spiro atoms. The molecule has 3 aromatic rings. The third-order valence-electron chi connectivity index (χ3n) is 8.32. The van der Waals surface area contributed by atoms with Gasteiger partial charge in [0.05, 0.1) is 0 Å². The van der Waals surface area contributed by atoms with Crippen LogP contribution < -0.4 is 0 Å². The Morgan fingerprint density at radius 1 is 0.897 bits per heavy atom. The van der Waals surface area contributed by atoms with Crippen LogP contribution in [0.5, 0.6) is 0 Å². The molecule has 29 heavy (non-hydrogen) atoms. The maximum Gasteiger partial charge on any atom is -0.00435 e. The lowest BCUT2D eigenvalue weighted by atomic mass is 9.70. The van der Waals surface area contributed by atoms with E-state index in [-0.39, 0.29) is 0 Å². The number of fused-ring (bicyclic) bond motifs is 5. The van der Waals surface area contributed by atoms with Gasteiger partial charge >= 0.3 is 0 Å². The van der Waals surface area contributed by atoms with Gasteiger partial charge in [-0.25, -0.2) is 0 Å². The predicted molar refractivity (Wildman–Crippen MR) is 129 cm³/mol. The molecule has 0 aromatic heterocycles. The second-order valence-electron chi connectivity index (χ2n) is 10.3. The SMILES string of the molecule is CC[C@H](CC[C@@H](C)[C@]1(C)CCc2c1ccc1c2ccc2cc(C)ccc21)C(C)C. The molecule has 0 saturated carbocycles. The molecular weight excluding hydrogens is 348 g/mol. The van der Waals surface area contributed by atoms with Crippen LogP contribution in [0.15, 0.2) is 42.5 Å². The number of hydrogen-bond acceptors (Lipinski definition) is 0. The van der Waals surface area contributed by atoms with Gasteiger partial charge in [0.1, 0.15) is 0 Å². The highest BCUT2D eigenvalue weighted by molar-refractivity contribution is 6.09. The minimum Gasteiger partial charge on any atom is -0.0651 e. The topological polar surface area (TPSA) is 0 Å². The molecule has 0 amide bonds. The molecule has 4 rings (SSSR count). The third-order valence-corrected chi connectivity index (χ3v) is 8.32. The Hall–Kier alpha value is -1.82. The summed E-state index contributed by atoms with van der Waals surface area (Å²) in [5, 5.41) is 5.69. The van der Waals surface area contributed by atoms with E-state index in [9.17, 15) is 0 Å². The van der Waals surface area contributed by atoms with E-state index >= 15 is 0 Å². The van der Waals surface area contributed by atoms with Crippen molar-refractivity contribution >= 4 is 21.5 Å². The molecule has 3 atom stereocenters. The molecule has 0 aliphatic heterocycles.